The molecule has 43 heavy (non-hydrogen) atoms. The van der Waals surface area contributed by atoms with E-state index >= 15 is 0 Å². The monoisotopic (exact) mass is 604 g/mol. The second-order valence-electron chi connectivity index (χ2n) is 11.3. The second kappa shape index (κ2) is 11.0. The second-order valence-corrected chi connectivity index (χ2v) is 11.3. The Morgan fingerprint density at radius 3 is 2.44 bits per heavy atom. The van der Waals surface area contributed by atoms with E-state index in [4.69, 9.17) is 4.74 Å². The van der Waals surface area contributed by atoms with E-state index in [1.165, 1.54) is 17.9 Å². The Morgan fingerprint density at radius 1 is 1.09 bits per heavy atom. The molecule has 0 spiro atoms. The van der Waals surface area contributed by atoms with Crippen LogP contribution in [0.15, 0.2) is 42.6 Å². The van der Waals surface area contributed by atoms with Crippen molar-refractivity contribution in [1.29, 1.82) is 0 Å². The van der Waals surface area contributed by atoms with Gasteiger partial charge in [-0.05, 0) is 38.8 Å². The number of carbonyl (C=O) groups is 1. The van der Waals surface area contributed by atoms with Gasteiger partial charge in [-0.2, -0.15) is 23.3 Å². The molecule has 1 aliphatic heterocycles. The number of phenolic OH excluding ortho intramolecular Hbond substituents is 1. The van der Waals surface area contributed by atoms with Gasteiger partial charge >= 0.3 is 12.3 Å². The van der Waals surface area contributed by atoms with Gasteiger partial charge in [0.05, 0.1) is 17.0 Å². The van der Waals surface area contributed by atoms with E-state index in [1.807, 2.05) is 35.2 Å². The zero-order valence-corrected chi connectivity index (χ0v) is 23.8. The Hall–Kier alpha value is -4.49. The number of amides is 1. The first-order valence-electron chi connectivity index (χ1n) is 13.4. The van der Waals surface area contributed by atoms with Crippen molar-refractivity contribution in [3.8, 4) is 17.0 Å². The predicted molar refractivity (Wildman–Crippen MR) is 147 cm³/mol. The van der Waals surface area contributed by atoms with Gasteiger partial charge in [0.15, 0.2) is 23.0 Å². The number of fused-ring (bicyclic) bond motifs is 1. The predicted octanol–water partition coefficient (Wildman–Crippen LogP) is 5.70. The summed E-state index contributed by atoms with van der Waals surface area (Å²) in [6.07, 6.45) is -3.79. The molecule has 228 valence electrons. The van der Waals surface area contributed by atoms with Gasteiger partial charge in [-0.25, -0.2) is 23.2 Å². The number of aryl methyl sites for hydroxylation is 1. The Labute approximate surface area is 243 Å². The Bertz CT molecular complexity index is 1670. The highest BCUT2D eigenvalue weighted by Crippen LogP contribution is 2.41. The fraction of sp³-hybridized carbons (Fsp3) is 0.379. The van der Waals surface area contributed by atoms with E-state index in [2.05, 4.69) is 15.1 Å². The number of rotatable bonds is 4. The highest BCUT2D eigenvalue weighted by molar-refractivity contribution is 5.91. The van der Waals surface area contributed by atoms with Crippen molar-refractivity contribution in [2.75, 3.05) is 24.5 Å². The van der Waals surface area contributed by atoms with Crippen LogP contribution in [0.5, 0.6) is 5.75 Å². The van der Waals surface area contributed by atoms with Crippen molar-refractivity contribution >= 4 is 23.1 Å². The lowest BCUT2D eigenvalue weighted by molar-refractivity contribution is -0.140. The van der Waals surface area contributed by atoms with Crippen molar-refractivity contribution in [1.82, 2.24) is 24.6 Å². The maximum atomic E-state index is 14.9. The van der Waals surface area contributed by atoms with Crippen LogP contribution in [0.25, 0.3) is 22.3 Å². The van der Waals surface area contributed by atoms with Gasteiger partial charge in [0.2, 0.25) is 5.95 Å². The van der Waals surface area contributed by atoms with Crippen molar-refractivity contribution in [2.24, 2.45) is 7.05 Å². The summed E-state index contributed by atoms with van der Waals surface area (Å²) in [5, 5.41) is 14.0. The zero-order chi connectivity index (χ0) is 31.3. The van der Waals surface area contributed by atoms with Crippen molar-refractivity contribution < 1.29 is 36.6 Å². The van der Waals surface area contributed by atoms with Crippen LogP contribution in [0.2, 0.25) is 0 Å². The van der Waals surface area contributed by atoms with E-state index in [0.29, 0.717) is 26.1 Å². The molecule has 5 rings (SSSR count). The van der Waals surface area contributed by atoms with Crippen LogP contribution in [0.4, 0.5) is 32.7 Å². The molecule has 0 aliphatic carbocycles. The Kier molecular flexibility index (Phi) is 7.65. The molecule has 9 nitrogen and oxygen atoms in total. The Morgan fingerprint density at radius 2 is 1.79 bits per heavy atom. The molecule has 1 N–H and O–H groups in total. The number of alkyl halides is 3. The average Bonchev–Trinajstić information content (AvgIpc) is 3.26. The molecular weight excluding hydrogens is 575 g/mol. The van der Waals surface area contributed by atoms with Gasteiger partial charge in [-0.15, -0.1) is 0 Å². The minimum atomic E-state index is -5.19. The lowest BCUT2D eigenvalue weighted by Gasteiger charge is -2.41. The molecule has 0 saturated carbocycles. The molecule has 1 aliphatic rings. The number of anilines is 1. The third-order valence-electron chi connectivity index (χ3n) is 7.01. The Balaban J connectivity index is 1.53. The van der Waals surface area contributed by atoms with Gasteiger partial charge in [0.1, 0.15) is 11.3 Å². The maximum absolute atomic E-state index is 14.9. The molecule has 1 atom stereocenters. The van der Waals surface area contributed by atoms with E-state index < -0.39 is 46.4 Å². The smallest absolute Gasteiger partial charge is 0.419 e. The molecule has 14 heteroatoms. The lowest BCUT2D eigenvalue weighted by Crippen LogP contribution is -2.56. The number of piperazine rings is 1. The SMILES string of the molecule is Cn1nc(-c2cc(C(F)(F)F)c(F)c(O)c2F)c2cnc(N3CCN(C(=O)OC(C)(C)C)C[C@H]3Cc3ccccc3)nc21. The van der Waals surface area contributed by atoms with Gasteiger partial charge in [0.25, 0.3) is 0 Å². The minimum Gasteiger partial charge on any atom is -0.503 e. The largest absolute Gasteiger partial charge is 0.503 e. The quantitative estimate of drug-likeness (QED) is 0.299. The fourth-order valence-electron chi connectivity index (χ4n) is 5.04. The van der Waals surface area contributed by atoms with Gasteiger partial charge < -0.3 is 19.6 Å². The molecule has 3 heterocycles. The number of phenols is 1. The summed E-state index contributed by atoms with van der Waals surface area (Å²) in [7, 11) is 1.47. The molecule has 4 aromatic rings. The number of benzene rings is 2. The fourth-order valence-corrected chi connectivity index (χ4v) is 5.04. The van der Waals surface area contributed by atoms with Crippen molar-refractivity contribution in [3.63, 3.8) is 0 Å². The molecular formula is C29H29F5N6O3. The van der Waals surface area contributed by atoms with E-state index in [1.54, 1.807) is 25.7 Å². The molecule has 1 amide bonds. The van der Waals surface area contributed by atoms with E-state index in [0.717, 1.165) is 5.56 Å². The number of aromatic hydroxyl groups is 1. The van der Waals surface area contributed by atoms with Crippen LogP contribution in [0.1, 0.15) is 31.9 Å². The standard InChI is InChI=1S/C29H29F5N6O3/c1-28(2,3)43-27(42)39-10-11-40(17(15-39)12-16-8-6-5-7-9-16)26-35-14-19-23(37-38(4)25(19)36-26)18-13-20(29(32,33)34)22(31)24(41)21(18)30/h5-9,13-14,17,41H,10-12,15H2,1-4H3/t17-/m1/s1. The van der Waals surface area contributed by atoms with Crippen LogP contribution >= 0.6 is 0 Å². The molecule has 0 radical (unpaired) electrons. The van der Waals surface area contributed by atoms with Gasteiger partial charge in [-0.3, -0.25) is 0 Å². The number of carbonyl (C=O) groups excluding carboxylic acids is 1. The van der Waals surface area contributed by atoms with E-state index in [-0.39, 0.29) is 34.8 Å². The molecule has 1 saturated heterocycles. The van der Waals surface area contributed by atoms with Crippen LogP contribution < -0.4 is 4.90 Å². The maximum Gasteiger partial charge on any atom is 0.419 e. The third kappa shape index (κ3) is 6.04. The highest BCUT2D eigenvalue weighted by Gasteiger charge is 2.38. The van der Waals surface area contributed by atoms with Crippen LogP contribution in [0.3, 0.4) is 0 Å². The number of hydrogen-bond donors (Lipinski definition) is 1. The first-order chi connectivity index (χ1) is 20.1. The lowest BCUT2D eigenvalue weighted by atomic mass is 10.0. The number of ether oxygens (including phenoxy) is 1. The molecule has 0 bridgehead atoms. The van der Waals surface area contributed by atoms with Gasteiger partial charge in [-0.1, -0.05) is 30.3 Å². The molecule has 0 unspecified atom stereocenters. The van der Waals surface area contributed by atoms with Crippen molar-refractivity contribution in [3.05, 3.63) is 65.4 Å². The number of hydrogen-bond acceptors (Lipinski definition) is 7. The zero-order valence-electron chi connectivity index (χ0n) is 23.8. The molecule has 2 aromatic carbocycles. The third-order valence-corrected chi connectivity index (χ3v) is 7.01. The number of aromatic nitrogens is 4. The first-order valence-corrected chi connectivity index (χ1v) is 13.4. The minimum absolute atomic E-state index is 0.0938. The summed E-state index contributed by atoms with van der Waals surface area (Å²) in [6, 6.07) is 9.64. The van der Waals surface area contributed by atoms with Gasteiger partial charge in [0, 0.05) is 38.4 Å². The summed E-state index contributed by atoms with van der Waals surface area (Å²) in [5.74, 6) is -5.18. The number of nitrogens with zero attached hydrogens (tertiary/aromatic N) is 6. The summed E-state index contributed by atoms with van der Waals surface area (Å²) < 4.78 is 76.1. The summed E-state index contributed by atoms with van der Waals surface area (Å²) in [6.45, 7) is 6.34. The highest BCUT2D eigenvalue weighted by atomic mass is 19.4. The van der Waals surface area contributed by atoms with Crippen LogP contribution in [0, 0.1) is 11.6 Å². The first kappa shape index (κ1) is 30.0. The summed E-state index contributed by atoms with van der Waals surface area (Å²) >= 11 is 0. The van der Waals surface area contributed by atoms with Crippen LogP contribution in [-0.4, -0.2) is 67.1 Å². The normalized spacial score (nSPS) is 16.2. The molecule has 1 fully saturated rings. The average molecular weight is 605 g/mol. The number of halogens is 5. The summed E-state index contributed by atoms with van der Waals surface area (Å²) in [4.78, 5) is 25.5. The van der Waals surface area contributed by atoms with Crippen LogP contribution in [-0.2, 0) is 24.4 Å². The molecule has 2 aromatic heterocycles. The van der Waals surface area contributed by atoms with E-state index in [9.17, 15) is 31.9 Å². The summed E-state index contributed by atoms with van der Waals surface area (Å²) in [5.41, 5.74) is -2.36. The topological polar surface area (TPSA) is 96.6 Å². The van der Waals surface area contributed by atoms with Crippen molar-refractivity contribution in [2.45, 2.75) is 45.0 Å².